The molecule has 2 N–H and O–H groups in total. The molecule has 8 nitrogen and oxygen atoms in total. The Morgan fingerprint density at radius 3 is 2.69 bits per heavy atom. The summed E-state index contributed by atoms with van der Waals surface area (Å²) in [6.45, 7) is 4.11. The van der Waals surface area contributed by atoms with Gasteiger partial charge in [-0.25, -0.2) is 13.4 Å². The van der Waals surface area contributed by atoms with Crippen molar-refractivity contribution >= 4 is 43.1 Å². The average Bonchev–Trinajstić information content (AvgIpc) is 3.23. The van der Waals surface area contributed by atoms with Gasteiger partial charge in [0.15, 0.2) is 15.7 Å². The third-order valence-corrected chi connectivity index (χ3v) is 5.30. The first kappa shape index (κ1) is 16.5. The lowest BCUT2D eigenvalue weighted by molar-refractivity contribution is 0.532. The molecule has 0 spiro atoms. The van der Waals surface area contributed by atoms with E-state index >= 15 is 0 Å². The van der Waals surface area contributed by atoms with Crippen LogP contribution in [0.5, 0.6) is 0 Å². The van der Waals surface area contributed by atoms with Gasteiger partial charge in [-0.2, -0.15) is 10.2 Å². The number of rotatable bonds is 4. The Morgan fingerprint density at radius 1 is 1.19 bits per heavy atom. The van der Waals surface area contributed by atoms with Gasteiger partial charge in [-0.1, -0.05) is 0 Å². The number of hydrogen-bond donors (Lipinski definition) is 2. The molecule has 4 rings (SSSR count). The minimum Gasteiger partial charge on any atom is -0.336 e. The molecule has 0 atom stereocenters. The molecular weight excluding hydrogens is 352 g/mol. The van der Waals surface area contributed by atoms with Crippen LogP contribution in [0.4, 0.5) is 11.5 Å². The number of anilines is 2. The zero-order chi connectivity index (χ0) is 18.5. The number of fused-ring (bicyclic) bond motifs is 3. The van der Waals surface area contributed by atoms with Gasteiger partial charge in [0.2, 0.25) is 0 Å². The lowest BCUT2D eigenvalue weighted by atomic mass is 10.1. The van der Waals surface area contributed by atoms with Crippen LogP contribution in [0.15, 0.2) is 41.7 Å². The van der Waals surface area contributed by atoms with Crippen molar-refractivity contribution in [2.45, 2.75) is 24.8 Å². The highest BCUT2D eigenvalue weighted by molar-refractivity contribution is 7.90. The average molecular weight is 370 g/mol. The fourth-order valence-electron chi connectivity index (χ4n) is 2.82. The quantitative estimate of drug-likeness (QED) is 0.572. The van der Waals surface area contributed by atoms with Crippen molar-refractivity contribution in [3.63, 3.8) is 0 Å². The van der Waals surface area contributed by atoms with E-state index in [2.05, 4.69) is 39.4 Å². The van der Waals surface area contributed by atoms with E-state index in [1.807, 2.05) is 10.9 Å². The maximum atomic E-state index is 11.9. The van der Waals surface area contributed by atoms with Crippen LogP contribution in [0.2, 0.25) is 0 Å². The summed E-state index contributed by atoms with van der Waals surface area (Å²) in [5.74, 6) is 0.611. The normalized spacial score (nSPS) is 12.3. The molecule has 0 radical (unpaired) electrons. The van der Waals surface area contributed by atoms with E-state index in [0.717, 1.165) is 16.5 Å². The number of aromatic nitrogens is 5. The fourth-order valence-corrected chi connectivity index (χ4v) is 3.47. The summed E-state index contributed by atoms with van der Waals surface area (Å²) in [6, 6.07) is 5.17. The zero-order valence-electron chi connectivity index (χ0n) is 14.6. The molecule has 0 aliphatic carbocycles. The maximum absolute atomic E-state index is 11.9. The van der Waals surface area contributed by atoms with Gasteiger partial charge in [0.05, 0.1) is 28.5 Å². The van der Waals surface area contributed by atoms with Crippen molar-refractivity contribution in [3.8, 4) is 0 Å². The molecule has 0 saturated heterocycles. The third-order valence-electron chi connectivity index (χ3n) is 4.19. The smallest absolute Gasteiger partial charge is 0.175 e. The Morgan fingerprint density at radius 2 is 2.00 bits per heavy atom. The third kappa shape index (κ3) is 2.80. The molecule has 3 heterocycles. The molecule has 0 aliphatic rings. The number of nitrogens with one attached hydrogen (secondary N) is 2. The number of benzene rings is 1. The molecule has 26 heavy (non-hydrogen) atoms. The number of sulfone groups is 1. The summed E-state index contributed by atoms with van der Waals surface area (Å²) in [6.07, 6.45) is 6.51. The standard InChI is InChI=1S/C17H18N6O2S/c1-10(2)23-9-11(7-19-23)20-17-16-14(8-18-22-16)13-6-12(26(3,24)25)4-5-15(13)21-17/h4-10H,1-3H3,(H,18,22)(H,20,21). The summed E-state index contributed by atoms with van der Waals surface area (Å²) < 4.78 is 25.6. The molecule has 0 amide bonds. The van der Waals surface area contributed by atoms with E-state index in [9.17, 15) is 8.42 Å². The Kier molecular flexibility index (Phi) is 3.69. The van der Waals surface area contributed by atoms with E-state index in [0.29, 0.717) is 16.9 Å². The predicted molar refractivity (Wildman–Crippen MR) is 100 cm³/mol. The molecule has 3 aromatic heterocycles. The number of H-pyrrole nitrogens is 1. The van der Waals surface area contributed by atoms with Gasteiger partial charge in [0.1, 0.15) is 5.52 Å². The van der Waals surface area contributed by atoms with Crippen LogP contribution >= 0.6 is 0 Å². The Bertz CT molecular complexity index is 1220. The van der Waals surface area contributed by atoms with E-state index in [1.54, 1.807) is 30.6 Å². The van der Waals surface area contributed by atoms with Gasteiger partial charge in [-0.15, -0.1) is 0 Å². The van der Waals surface area contributed by atoms with Crippen molar-refractivity contribution in [1.82, 2.24) is 25.0 Å². The van der Waals surface area contributed by atoms with Gasteiger partial charge >= 0.3 is 0 Å². The number of hydrogen-bond acceptors (Lipinski definition) is 6. The van der Waals surface area contributed by atoms with Crippen LogP contribution in [0.25, 0.3) is 21.8 Å². The van der Waals surface area contributed by atoms with Crippen LogP contribution in [-0.4, -0.2) is 39.6 Å². The van der Waals surface area contributed by atoms with Crippen LogP contribution in [0.3, 0.4) is 0 Å². The number of nitrogens with zero attached hydrogens (tertiary/aromatic N) is 4. The summed E-state index contributed by atoms with van der Waals surface area (Å²) in [5, 5.41) is 16.2. The molecule has 0 unspecified atom stereocenters. The summed E-state index contributed by atoms with van der Waals surface area (Å²) >= 11 is 0. The van der Waals surface area contributed by atoms with E-state index in [-0.39, 0.29) is 10.9 Å². The highest BCUT2D eigenvalue weighted by Crippen LogP contribution is 2.31. The molecule has 0 bridgehead atoms. The van der Waals surface area contributed by atoms with Crippen LogP contribution in [0.1, 0.15) is 19.9 Å². The van der Waals surface area contributed by atoms with Crippen molar-refractivity contribution in [2.75, 3.05) is 11.6 Å². The summed E-state index contributed by atoms with van der Waals surface area (Å²) in [4.78, 5) is 4.89. The van der Waals surface area contributed by atoms with E-state index < -0.39 is 9.84 Å². The van der Waals surface area contributed by atoms with E-state index in [1.165, 1.54) is 6.26 Å². The van der Waals surface area contributed by atoms with Crippen molar-refractivity contribution in [3.05, 3.63) is 36.8 Å². The Labute approximate surface area is 150 Å². The lowest BCUT2D eigenvalue weighted by Crippen LogP contribution is -2.00. The molecule has 1 aromatic carbocycles. The Hall–Kier alpha value is -2.94. The van der Waals surface area contributed by atoms with Crippen LogP contribution in [0, 0.1) is 0 Å². The zero-order valence-corrected chi connectivity index (χ0v) is 15.4. The van der Waals surface area contributed by atoms with Gasteiger partial charge in [-0.3, -0.25) is 9.78 Å². The van der Waals surface area contributed by atoms with Crippen molar-refractivity contribution in [2.24, 2.45) is 0 Å². The van der Waals surface area contributed by atoms with Gasteiger partial charge in [0.25, 0.3) is 0 Å². The first-order valence-electron chi connectivity index (χ1n) is 8.11. The molecule has 0 aliphatic heterocycles. The topological polar surface area (TPSA) is 106 Å². The van der Waals surface area contributed by atoms with Gasteiger partial charge in [-0.05, 0) is 32.0 Å². The maximum Gasteiger partial charge on any atom is 0.175 e. The monoisotopic (exact) mass is 370 g/mol. The molecule has 0 fully saturated rings. The summed E-state index contributed by atoms with van der Waals surface area (Å²) in [7, 11) is -3.30. The lowest BCUT2D eigenvalue weighted by Gasteiger charge is -2.08. The van der Waals surface area contributed by atoms with E-state index in [4.69, 9.17) is 0 Å². The first-order valence-corrected chi connectivity index (χ1v) is 10.00. The highest BCUT2D eigenvalue weighted by atomic mass is 32.2. The number of pyridine rings is 1. The molecule has 4 aromatic rings. The van der Waals surface area contributed by atoms with Gasteiger partial charge < -0.3 is 5.32 Å². The van der Waals surface area contributed by atoms with Crippen molar-refractivity contribution < 1.29 is 8.42 Å². The molecule has 9 heteroatoms. The second-order valence-corrected chi connectivity index (χ2v) is 8.51. The largest absolute Gasteiger partial charge is 0.336 e. The SMILES string of the molecule is CC(C)n1cc(Nc2nc3ccc(S(C)(=O)=O)cc3c3cn[nH]c23)cn1. The van der Waals surface area contributed by atoms with Crippen LogP contribution < -0.4 is 5.32 Å². The minimum atomic E-state index is -3.30. The second-order valence-electron chi connectivity index (χ2n) is 6.50. The van der Waals surface area contributed by atoms with Crippen LogP contribution in [-0.2, 0) is 9.84 Å². The molecule has 134 valence electrons. The first-order chi connectivity index (χ1) is 12.3. The number of aromatic amines is 1. The second kappa shape index (κ2) is 5.80. The van der Waals surface area contributed by atoms with Gasteiger partial charge in [0, 0.05) is 29.3 Å². The predicted octanol–water partition coefficient (Wildman–Crippen LogP) is 3.04. The molecule has 0 saturated carbocycles. The summed E-state index contributed by atoms with van der Waals surface area (Å²) in [5.41, 5.74) is 2.21. The Balaban J connectivity index is 1.86. The van der Waals surface area contributed by atoms with Crippen molar-refractivity contribution in [1.29, 1.82) is 0 Å². The minimum absolute atomic E-state index is 0.258. The highest BCUT2D eigenvalue weighted by Gasteiger charge is 2.14. The molecular formula is C17H18N6O2S. The fraction of sp³-hybridized carbons (Fsp3) is 0.235.